The summed E-state index contributed by atoms with van der Waals surface area (Å²) in [6.07, 6.45) is -0.843. The van der Waals surface area contributed by atoms with Gasteiger partial charge in [0.1, 0.15) is 12.2 Å². The maximum Gasteiger partial charge on any atom is 0.303 e. The molecular weight excluding hydrogens is 350 g/mol. The van der Waals surface area contributed by atoms with Crippen molar-refractivity contribution in [3.63, 3.8) is 0 Å². The average molecular weight is 371 g/mol. The summed E-state index contributed by atoms with van der Waals surface area (Å²) in [5.41, 5.74) is 1.57. The third kappa shape index (κ3) is 2.64. The van der Waals surface area contributed by atoms with Gasteiger partial charge in [0.2, 0.25) is 11.8 Å². The molecular formula is C20H21NO6. The van der Waals surface area contributed by atoms with Crippen LogP contribution in [0, 0.1) is 30.6 Å². The molecule has 0 N–H and O–H groups in total. The van der Waals surface area contributed by atoms with Gasteiger partial charge in [0.15, 0.2) is 0 Å². The lowest BCUT2D eigenvalue weighted by atomic mass is 9.78. The standard InChI is InChI=1S/C20H21NO6/c1-9-4-6-12(7-5-9)21-19(24)15-13-8-14(16(15)20(21)25)18(27-11(3)23)17(13)26-10(2)22/h4-7,13-18H,8H2,1-3H3/t13-,14+,15-,16+,17+,18-. The van der Waals surface area contributed by atoms with Crippen molar-refractivity contribution in [1.82, 2.24) is 0 Å². The van der Waals surface area contributed by atoms with Gasteiger partial charge in [-0.15, -0.1) is 0 Å². The third-order valence-corrected chi connectivity index (χ3v) is 5.93. The lowest BCUT2D eigenvalue weighted by Crippen LogP contribution is -2.47. The van der Waals surface area contributed by atoms with Gasteiger partial charge in [-0.3, -0.25) is 24.1 Å². The van der Waals surface area contributed by atoms with Gasteiger partial charge in [0, 0.05) is 25.7 Å². The first-order valence-electron chi connectivity index (χ1n) is 9.08. The summed E-state index contributed by atoms with van der Waals surface area (Å²) in [5, 5.41) is 0. The van der Waals surface area contributed by atoms with Crippen LogP contribution in [0.1, 0.15) is 25.8 Å². The number of aryl methyl sites for hydroxylation is 1. The zero-order chi connectivity index (χ0) is 19.5. The van der Waals surface area contributed by atoms with Gasteiger partial charge in [-0.05, 0) is 25.5 Å². The molecule has 1 aliphatic heterocycles. The molecule has 1 aromatic rings. The summed E-state index contributed by atoms with van der Waals surface area (Å²) in [6, 6.07) is 7.20. The first kappa shape index (κ1) is 17.7. The Balaban J connectivity index is 1.68. The van der Waals surface area contributed by atoms with Gasteiger partial charge in [0.25, 0.3) is 0 Å². The first-order valence-corrected chi connectivity index (χ1v) is 9.08. The van der Waals surface area contributed by atoms with E-state index in [1.807, 2.05) is 19.1 Å². The molecule has 1 heterocycles. The molecule has 0 spiro atoms. The van der Waals surface area contributed by atoms with E-state index in [0.29, 0.717) is 12.1 Å². The van der Waals surface area contributed by atoms with E-state index in [1.54, 1.807) is 12.1 Å². The Labute approximate surface area is 156 Å². The van der Waals surface area contributed by atoms with Crippen LogP contribution in [-0.4, -0.2) is 36.0 Å². The van der Waals surface area contributed by atoms with Crippen LogP contribution in [0.25, 0.3) is 0 Å². The van der Waals surface area contributed by atoms with E-state index in [-0.39, 0.29) is 23.7 Å². The van der Waals surface area contributed by atoms with Crippen LogP contribution in [0.3, 0.4) is 0 Å². The number of hydrogen-bond acceptors (Lipinski definition) is 6. The molecule has 3 fully saturated rings. The SMILES string of the molecule is CC(=O)O[C@@H]1[C@H]2C[C@@H]([C@@H]1OC(C)=O)[C@H]1C(=O)N(c3ccc(C)cc3)C(=O)[C@@H]21. The Bertz CT molecular complexity index is 785. The van der Waals surface area contributed by atoms with Crippen molar-refractivity contribution in [3.05, 3.63) is 29.8 Å². The van der Waals surface area contributed by atoms with Crippen LogP contribution in [0.2, 0.25) is 0 Å². The number of anilines is 1. The van der Waals surface area contributed by atoms with E-state index < -0.39 is 36.0 Å². The monoisotopic (exact) mass is 371 g/mol. The minimum absolute atomic E-state index is 0.264. The third-order valence-electron chi connectivity index (χ3n) is 5.93. The molecule has 4 rings (SSSR count). The highest BCUT2D eigenvalue weighted by Crippen LogP contribution is 2.58. The van der Waals surface area contributed by atoms with Crippen LogP contribution >= 0.6 is 0 Å². The Hall–Kier alpha value is -2.70. The average Bonchev–Trinajstić information content (AvgIpc) is 3.20. The van der Waals surface area contributed by atoms with E-state index in [2.05, 4.69) is 0 Å². The predicted octanol–water partition coefficient (Wildman–Crippen LogP) is 1.61. The van der Waals surface area contributed by atoms with Crippen molar-refractivity contribution < 1.29 is 28.7 Å². The highest BCUT2D eigenvalue weighted by molar-refractivity contribution is 6.22. The van der Waals surface area contributed by atoms with Crippen LogP contribution in [0.15, 0.2) is 24.3 Å². The van der Waals surface area contributed by atoms with E-state index in [9.17, 15) is 19.2 Å². The predicted molar refractivity (Wildman–Crippen MR) is 93.4 cm³/mol. The zero-order valence-corrected chi connectivity index (χ0v) is 15.4. The van der Waals surface area contributed by atoms with Gasteiger partial charge >= 0.3 is 11.9 Å². The molecule has 1 saturated heterocycles. The highest BCUT2D eigenvalue weighted by Gasteiger charge is 2.69. The number of nitrogens with zero attached hydrogens (tertiary/aromatic N) is 1. The van der Waals surface area contributed by atoms with E-state index >= 15 is 0 Å². The van der Waals surface area contributed by atoms with Gasteiger partial charge in [-0.1, -0.05) is 17.7 Å². The lowest BCUT2D eigenvalue weighted by molar-refractivity contribution is -0.175. The molecule has 0 radical (unpaired) electrons. The fourth-order valence-electron chi connectivity index (χ4n) is 5.03. The number of benzene rings is 1. The summed E-state index contributed by atoms with van der Waals surface area (Å²) >= 11 is 0. The normalized spacial score (nSPS) is 34.0. The van der Waals surface area contributed by atoms with E-state index in [0.717, 1.165) is 5.56 Å². The quantitative estimate of drug-likeness (QED) is 0.592. The van der Waals surface area contributed by atoms with Crippen LogP contribution < -0.4 is 4.90 Å². The molecule has 0 unspecified atom stereocenters. The number of rotatable bonds is 3. The smallest absolute Gasteiger partial charge is 0.303 e. The summed E-state index contributed by atoms with van der Waals surface area (Å²) in [4.78, 5) is 50.5. The molecule has 27 heavy (non-hydrogen) atoms. The molecule has 2 amide bonds. The Morgan fingerprint density at radius 3 is 1.74 bits per heavy atom. The number of carbonyl (C=O) groups is 4. The summed E-state index contributed by atoms with van der Waals surface area (Å²) in [5.74, 6) is -3.23. The first-order chi connectivity index (χ1) is 12.8. The number of imide groups is 1. The largest absolute Gasteiger partial charge is 0.458 e. The Kier molecular flexibility index (Phi) is 4.05. The van der Waals surface area contributed by atoms with Crippen molar-refractivity contribution in [2.24, 2.45) is 23.7 Å². The topological polar surface area (TPSA) is 90.0 Å². The highest BCUT2D eigenvalue weighted by atomic mass is 16.6. The number of esters is 2. The van der Waals surface area contributed by atoms with Gasteiger partial charge in [-0.2, -0.15) is 0 Å². The number of hydrogen-bond donors (Lipinski definition) is 0. The van der Waals surface area contributed by atoms with Gasteiger partial charge in [0.05, 0.1) is 17.5 Å². The Morgan fingerprint density at radius 1 is 0.889 bits per heavy atom. The maximum absolute atomic E-state index is 13.1. The fraction of sp³-hybridized carbons (Fsp3) is 0.500. The van der Waals surface area contributed by atoms with E-state index in [1.165, 1.54) is 18.7 Å². The number of amides is 2. The van der Waals surface area contributed by atoms with Gasteiger partial charge < -0.3 is 9.47 Å². The summed E-state index contributed by atoms with van der Waals surface area (Å²) < 4.78 is 10.8. The van der Waals surface area contributed by atoms with Crippen molar-refractivity contribution in [3.8, 4) is 0 Å². The second-order valence-corrected chi connectivity index (χ2v) is 7.61. The molecule has 142 valence electrons. The minimum atomic E-state index is -0.688. The molecule has 3 aliphatic rings. The maximum atomic E-state index is 13.1. The zero-order valence-electron chi connectivity index (χ0n) is 15.4. The molecule has 6 atom stereocenters. The van der Waals surface area contributed by atoms with Crippen molar-refractivity contribution in [1.29, 1.82) is 0 Å². The molecule has 2 aliphatic carbocycles. The summed E-state index contributed by atoms with van der Waals surface area (Å²) in [6.45, 7) is 4.50. The molecule has 0 aromatic heterocycles. The molecule has 7 nitrogen and oxygen atoms in total. The number of ether oxygens (including phenoxy) is 2. The molecule has 2 saturated carbocycles. The van der Waals surface area contributed by atoms with Crippen LogP contribution in [-0.2, 0) is 28.7 Å². The van der Waals surface area contributed by atoms with Crippen LogP contribution in [0.4, 0.5) is 5.69 Å². The summed E-state index contributed by atoms with van der Waals surface area (Å²) in [7, 11) is 0. The second kappa shape index (κ2) is 6.18. The number of carbonyl (C=O) groups excluding carboxylic acids is 4. The lowest BCUT2D eigenvalue weighted by Gasteiger charge is -2.34. The molecule has 2 bridgehead atoms. The van der Waals surface area contributed by atoms with Gasteiger partial charge in [-0.25, -0.2) is 0 Å². The minimum Gasteiger partial charge on any atom is -0.458 e. The molecule has 7 heteroatoms. The van der Waals surface area contributed by atoms with E-state index in [4.69, 9.17) is 9.47 Å². The fourth-order valence-corrected chi connectivity index (χ4v) is 5.03. The van der Waals surface area contributed by atoms with Crippen molar-refractivity contribution in [2.75, 3.05) is 4.90 Å². The number of fused-ring (bicyclic) bond motifs is 5. The Morgan fingerprint density at radius 2 is 1.33 bits per heavy atom. The van der Waals surface area contributed by atoms with Crippen LogP contribution in [0.5, 0.6) is 0 Å². The van der Waals surface area contributed by atoms with Crippen molar-refractivity contribution in [2.45, 2.75) is 39.4 Å². The molecule has 1 aromatic carbocycles. The van der Waals surface area contributed by atoms with Crippen molar-refractivity contribution >= 4 is 29.4 Å². The second-order valence-electron chi connectivity index (χ2n) is 7.61.